The Kier molecular flexibility index (Phi) is 4.52. The Morgan fingerprint density at radius 2 is 1.33 bits per heavy atom. The van der Waals surface area contributed by atoms with E-state index in [0.29, 0.717) is 17.3 Å². The first-order valence-corrected chi connectivity index (χ1v) is 8.18. The number of nitrogens with two attached hydrogens (primary N) is 2. The molecule has 0 heterocycles. The molecule has 0 aromatic heterocycles. The van der Waals surface area contributed by atoms with Crippen LogP contribution in [0.1, 0.15) is 30.9 Å². The molecule has 0 amide bonds. The predicted molar refractivity (Wildman–Crippen MR) is 101 cm³/mol. The van der Waals surface area contributed by atoms with E-state index in [4.69, 9.17) is 11.5 Å². The van der Waals surface area contributed by atoms with Gasteiger partial charge in [0.1, 0.15) is 0 Å². The minimum absolute atomic E-state index is 0.123. The summed E-state index contributed by atoms with van der Waals surface area (Å²) in [7, 11) is 0. The monoisotopic (exact) mass is 318 g/mol. The van der Waals surface area contributed by atoms with Crippen LogP contribution in [-0.4, -0.2) is 5.78 Å². The lowest BCUT2D eigenvalue weighted by Gasteiger charge is -2.22. The van der Waals surface area contributed by atoms with Crippen LogP contribution in [-0.2, 0) is 4.79 Å². The van der Waals surface area contributed by atoms with Gasteiger partial charge in [-0.2, -0.15) is 0 Å². The van der Waals surface area contributed by atoms with E-state index in [1.165, 1.54) is 0 Å². The van der Waals surface area contributed by atoms with Crippen molar-refractivity contribution in [1.82, 2.24) is 0 Å². The normalized spacial score (nSPS) is 21.4. The highest BCUT2D eigenvalue weighted by Crippen LogP contribution is 2.32. The smallest absolute Gasteiger partial charge is 0.185 e. The highest BCUT2D eigenvalue weighted by Gasteiger charge is 2.25. The number of rotatable bonds is 2. The second kappa shape index (κ2) is 6.75. The predicted octanol–water partition coefficient (Wildman–Crippen LogP) is 4.32. The number of carbonyl (C=O) groups excluding carboxylic acids is 1. The summed E-state index contributed by atoms with van der Waals surface area (Å²) in [5.74, 6) is 0.556. The number of nitrogen functional groups attached to an aromatic ring is 2. The highest BCUT2D eigenvalue weighted by atomic mass is 16.1. The summed E-state index contributed by atoms with van der Waals surface area (Å²) in [5.41, 5.74) is 16.7. The first-order valence-electron chi connectivity index (χ1n) is 8.18. The number of allylic oxidation sites excluding steroid dienone is 2. The van der Waals surface area contributed by atoms with Gasteiger partial charge >= 0.3 is 0 Å². The van der Waals surface area contributed by atoms with Gasteiger partial charge in [-0.25, -0.2) is 0 Å². The van der Waals surface area contributed by atoms with E-state index in [0.717, 1.165) is 35.1 Å². The third kappa shape index (κ3) is 3.74. The lowest BCUT2D eigenvalue weighted by Crippen LogP contribution is -2.18. The molecule has 122 valence electrons. The lowest BCUT2D eigenvalue weighted by molar-refractivity contribution is -0.113. The molecule has 1 fully saturated rings. The average molecular weight is 318 g/mol. The number of hydrogen-bond donors (Lipinski definition) is 2. The van der Waals surface area contributed by atoms with E-state index in [9.17, 15) is 4.79 Å². The quantitative estimate of drug-likeness (QED) is 0.640. The number of hydrogen-bond acceptors (Lipinski definition) is 3. The molecule has 3 rings (SSSR count). The van der Waals surface area contributed by atoms with Crippen LogP contribution in [0.15, 0.2) is 59.7 Å². The number of benzene rings is 2. The van der Waals surface area contributed by atoms with Gasteiger partial charge in [0.05, 0.1) is 0 Å². The van der Waals surface area contributed by atoms with Gasteiger partial charge in [-0.05, 0) is 66.3 Å². The maximum atomic E-state index is 12.9. The largest absolute Gasteiger partial charge is 0.399 e. The Bertz CT molecular complexity index is 766. The maximum Gasteiger partial charge on any atom is 0.185 e. The summed E-state index contributed by atoms with van der Waals surface area (Å²) < 4.78 is 0. The standard InChI is InChI=1S/C21H22N2O/c1-14-8-17(10-15-4-2-6-19(22)12-15)21(24)18(9-14)11-16-5-3-7-20(23)13-16/h2-7,10-14H,8-9,22-23H2,1H3/b17-10+,18-11+. The molecule has 0 saturated heterocycles. The van der Waals surface area contributed by atoms with Gasteiger partial charge in [0.25, 0.3) is 0 Å². The molecular weight excluding hydrogens is 296 g/mol. The van der Waals surface area contributed by atoms with E-state index in [2.05, 4.69) is 6.92 Å². The maximum absolute atomic E-state index is 12.9. The third-order valence-electron chi connectivity index (χ3n) is 4.22. The van der Waals surface area contributed by atoms with E-state index < -0.39 is 0 Å². The van der Waals surface area contributed by atoms with Crippen LogP contribution in [0.4, 0.5) is 11.4 Å². The summed E-state index contributed by atoms with van der Waals surface area (Å²) in [4.78, 5) is 12.9. The van der Waals surface area contributed by atoms with Crippen LogP contribution in [0.3, 0.4) is 0 Å². The van der Waals surface area contributed by atoms with Crippen LogP contribution in [0, 0.1) is 5.92 Å². The lowest BCUT2D eigenvalue weighted by atomic mass is 9.81. The SMILES string of the molecule is CC1C/C(=C\c2cccc(N)c2)C(=O)/C(=C/c2cccc(N)c2)C1. The Hall–Kier alpha value is -2.81. The fourth-order valence-corrected chi connectivity index (χ4v) is 3.16. The second-order valence-electron chi connectivity index (χ2n) is 6.52. The Balaban J connectivity index is 1.94. The molecule has 4 N–H and O–H groups in total. The number of carbonyl (C=O) groups is 1. The van der Waals surface area contributed by atoms with Crippen molar-refractivity contribution in [2.75, 3.05) is 11.5 Å². The van der Waals surface area contributed by atoms with Gasteiger partial charge in [-0.1, -0.05) is 31.2 Å². The van der Waals surface area contributed by atoms with E-state index in [-0.39, 0.29) is 5.78 Å². The molecule has 1 aliphatic rings. The van der Waals surface area contributed by atoms with Gasteiger partial charge in [-0.3, -0.25) is 4.79 Å². The summed E-state index contributed by atoms with van der Waals surface area (Å²) >= 11 is 0. The zero-order valence-corrected chi connectivity index (χ0v) is 13.8. The average Bonchev–Trinajstić information content (AvgIpc) is 2.52. The van der Waals surface area contributed by atoms with Crippen LogP contribution >= 0.6 is 0 Å². The summed E-state index contributed by atoms with van der Waals surface area (Å²) in [6, 6.07) is 15.2. The van der Waals surface area contributed by atoms with Crippen LogP contribution in [0.25, 0.3) is 12.2 Å². The first kappa shape index (κ1) is 16.1. The Morgan fingerprint density at radius 1 is 0.875 bits per heavy atom. The molecule has 2 aromatic carbocycles. The van der Waals surface area contributed by atoms with Crippen LogP contribution < -0.4 is 11.5 Å². The van der Waals surface area contributed by atoms with Crippen molar-refractivity contribution in [2.24, 2.45) is 5.92 Å². The fourth-order valence-electron chi connectivity index (χ4n) is 3.16. The fraction of sp³-hybridized carbons (Fsp3) is 0.190. The number of ketones is 1. The van der Waals surface area contributed by atoms with Crippen molar-refractivity contribution in [3.05, 3.63) is 70.8 Å². The first-order chi connectivity index (χ1) is 11.5. The van der Waals surface area contributed by atoms with Crippen LogP contribution in [0.2, 0.25) is 0 Å². The molecule has 0 aliphatic heterocycles. The molecule has 0 atom stereocenters. The molecule has 0 unspecified atom stereocenters. The highest BCUT2D eigenvalue weighted by molar-refractivity contribution is 6.14. The third-order valence-corrected chi connectivity index (χ3v) is 4.22. The van der Waals surface area contributed by atoms with Gasteiger partial charge in [-0.15, -0.1) is 0 Å². The Morgan fingerprint density at radius 3 is 1.75 bits per heavy atom. The number of Topliss-reactive ketones (excluding diaryl/α,β-unsaturated/α-hetero) is 1. The van der Waals surface area contributed by atoms with Gasteiger partial charge in [0.2, 0.25) is 0 Å². The van der Waals surface area contributed by atoms with Crippen molar-refractivity contribution in [3.8, 4) is 0 Å². The second-order valence-corrected chi connectivity index (χ2v) is 6.52. The van der Waals surface area contributed by atoms with Gasteiger partial charge < -0.3 is 11.5 Å². The number of anilines is 2. The van der Waals surface area contributed by atoms with Gasteiger partial charge in [0.15, 0.2) is 5.78 Å². The summed E-state index contributed by atoms with van der Waals surface area (Å²) in [6.45, 7) is 2.17. The minimum atomic E-state index is 0.123. The molecule has 2 aromatic rings. The van der Waals surface area contributed by atoms with Crippen molar-refractivity contribution >= 4 is 29.3 Å². The Labute approximate surface area is 142 Å². The molecule has 0 radical (unpaired) electrons. The van der Waals surface area contributed by atoms with Gasteiger partial charge in [0, 0.05) is 22.5 Å². The molecule has 1 aliphatic carbocycles. The molecule has 3 nitrogen and oxygen atoms in total. The zero-order valence-electron chi connectivity index (χ0n) is 13.8. The minimum Gasteiger partial charge on any atom is -0.399 e. The molecule has 24 heavy (non-hydrogen) atoms. The van der Waals surface area contributed by atoms with Crippen molar-refractivity contribution < 1.29 is 4.79 Å². The molecule has 1 saturated carbocycles. The molecule has 0 spiro atoms. The molecule has 0 bridgehead atoms. The molecular formula is C21H22N2O. The van der Waals surface area contributed by atoms with E-state index in [1.54, 1.807) is 0 Å². The van der Waals surface area contributed by atoms with Crippen molar-refractivity contribution in [2.45, 2.75) is 19.8 Å². The van der Waals surface area contributed by atoms with Crippen molar-refractivity contribution in [1.29, 1.82) is 0 Å². The summed E-state index contributed by atoms with van der Waals surface area (Å²) in [5, 5.41) is 0. The topological polar surface area (TPSA) is 69.1 Å². The zero-order chi connectivity index (χ0) is 17.1. The van der Waals surface area contributed by atoms with Crippen molar-refractivity contribution in [3.63, 3.8) is 0 Å². The van der Waals surface area contributed by atoms with Crippen LogP contribution in [0.5, 0.6) is 0 Å². The van der Waals surface area contributed by atoms with E-state index in [1.807, 2.05) is 60.7 Å². The van der Waals surface area contributed by atoms with E-state index >= 15 is 0 Å². The molecule has 3 heteroatoms. The summed E-state index contributed by atoms with van der Waals surface area (Å²) in [6.07, 6.45) is 5.51.